The van der Waals surface area contributed by atoms with Crippen molar-refractivity contribution >= 4 is 21.6 Å². The molecule has 0 saturated carbocycles. The number of alkyl halides is 3. The molecule has 0 unspecified atom stereocenters. The van der Waals surface area contributed by atoms with Gasteiger partial charge < -0.3 is 14.8 Å². The Balaban J connectivity index is 1.74. The standard InChI is InChI=1S/C21H22F3N7O4S/c1-20(2)10-31-18(35-11-20)14(9-28-31)36(25,33)30-19(32)29-16-13(5-7-27-17(16)21(22,23)24)12-4-6-26-15(8-12)34-3/h4-9H,10-11H2,1-3H3,(H3,25,29,30,32,33)/t36-/m1/s1. The summed E-state index contributed by atoms with van der Waals surface area (Å²) in [6.07, 6.45) is -1.49. The van der Waals surface area contributed by atoms with Gasteiger partial charge in [0, 0.05) is 29.4 Å². The summed E-state index contributed by atoms with van der Waals surface area (Å²) in [5.41, 5.74) is -2.12. The van der Waals surface area contributed by atoms with Gasteiger partial charge in [0.15, 0.2) is 15.6 Å². The normalized spacial score (nSPS) is 16.3. The predicted octanol–water partition coefficient (Wildman–Crippen LogP) is 3.72. The van der Waals surface area contributed by atoms with Crippen molar-refractivity contribution in [2.24, 2.45) is 14.9 Å². The Morgan fingerprint density at radius 3 is 2.72 bits per heavy atom. The van der Waals surface area contributed by atoms with Crippen LogP contribution in [-0.2, 0) is 22.6 Å². The molecule has 4 rings (SSSR count). The lowest BCUT2D eigenvalue weighted by Crippen LogP contribution is -2.33. The Labute approximate surface area is 204 Å². The van der Waals surface area contributed by atoms with Gasteiger partial charge in [-0.1, -0.05) is 13.8 Å². The van der Waals surface area contributed by atoms with Crippen molar-refractivity contribution in [1.82, 2.24) is 19.7 Å². The Bertz CT molecular complexity index is 1450. The van der Waals surface area contributed by atoms with E-state index in [2.05, 4.69) is 24.7 Å². The summed E-state index contributed by atoms with van der Waals surface area (Å²) in [5, 5.41) is 12.0. The molecular weight excluding hydrogens is 503 g/mol. The molecule has 3 N–H and O–H groups in total. The number of anilines is 1. The molecule has 3 aromatic heterocycles. The quantitative estimate of drug-likeness (QED) is 0.528. The Kier molecular flexibility index (Phi) is 6.38. The van der Waals surface area contributed by atoms with E-state index >= 15 is 0 Å². The lowest BCUT2D eigenvalue weighted by molar-refractivity contribution is -0.140. The average Bonchev–Trinajstić information content (AvgIpc) is 3.21. The summed E-state index contributed by atoms with van der Waals surface area (Å²) >= 11 is 0. The van der Waals surface area contributed by atoms with E-state index in [1.807, 2.05) is 13.8 Å². The van der Waals surface area contributed by atoms with Crippen molar-refractivity contribution in [1.29, 1.82) is 0 Å². The third-order valence-corrected chi connectivity index (χ3v) is 6.52. The van der Waals surface area contributed by atoms with Crippen LogP contribution in [0.15, 0.2) is 46.0 Å². The van der Waals surface area contributed by atoms with Crippen LogP contribution >= 0.6 is 0 Å². The molecule has 1 atom stereocenters. The van der Waals surface area contributed by atoms with E-state index in [1.165, 1.54) is 36.2 Å². The molecule has 0 aromatic carbocycles. The molecule has 0 radical (unpaired) electrons. The molecule has 2 amide bonds. The van der Waals surface area contributed by atoms with Crippen molar-refractivity contribution in [2.75, 3.05) is 19.0 Å². The third kappa shape index (κ3) is 5.11. The zero-order valence-corrected chi connectivity index (χ0v) is 20.2. The summed E-state index contributed by atoms with van der Waals surface area (Å²) in [5.74, 6) is 0.222. The van der Waals surface area contributed by atoms with Gasteiger partial charge in [-0.25, -0.2) is 28.8 Å². The second-order valence-electron chi connectivity index (χ2n) is 8.68. The van der Waals surface area contributed by atoms with Gasteiger partial charge in [0.1, 0.15) is 4.90 Å². The largest absolute Gasteiger partial charge is 0.481 e. The first-order chi connectivity index (χ1) is 16.8. The van der Waals surface area contributed by atoms with Gasteiger partial charge in [-0.15, -0.1) is 4.36 Å². The van der Waals surface area contributed by atoms with E-state index in [1.54, 1.807) is 0 Å². The van der Waals surface area contributed by atoms with E-state index in [9.17, 15) is 22.2 Å². The molecule has 15 heteroatoms. The second kappa shape index (κ2) is 9.05. The molecule has 192 valence electrons. The number of pyridine rings is 2. The van der Waals surface area contributed by atoms with Gasteiger partial charge in [-0.3, -0.25) is 0 Å². The van der Waals surface area contributed by atoms with E-state index in [0.29, 0.717) is 6.54 Å². The van der Waals surface area contributed by atoms with Crippen LogP contribution in [0.3, 0.4) is 0 Å². The number of carbonyl (C=O) groups is 1. The maximum absolute atomic E-state index is 13.8. The molecule has 0 fully saturated rings. The van der Waals surface area contributed by atoms with E-state index in [-0.39, 0.29) is 39.8 Å². The van der Waals surface area contributed by atoms with Gasteiger partial charge in [-0.2, -0.15) is 18.3 Å². The number of hydrogen-bond donors (Lipinski definition) is 2. The van der Waals surface area contributed by atoms with Crippen molar-refractivity contribution < 1.29 is 31.6 Å². The van der Waals surface area contributed by atoms with Crippen LogP contribution in [-0.4, -0.2) is 43.7 Å². The fourth-order valence-corrected chi connectivity index (χ4v) is 4.57. The van der Waals surface area contributed by atoms with E-state index in [0.717, 1.165) is 12.4 Å². The average molecular weight is 526 g/mol. The minimum absolute atomic E-state index is 0.0430. The molecule has 4 heterocycles. The molecule has 1 aliphatic rings. The van der Waals surface area contributed by atoms with Gasteiger partial charge >= 0.3 is 12.2 Å². The number of fused-ring (bicyclic) bond motifs is 1. The first kappa shape index (κ1) is 25.4. The monoisotopic (exact) mass is 525 g/mol. The number of aromatic nitrogens is 4. The second-order valence-corrected chi connectivity index (χ2v) is 10.4. The maximum Gasteiger partial charge on any atom is 0.435 e. The van der Waals surface area contributed by atoms with Crippen LogP contribution in [0.5, 0.6) is 11.8 Å². The topological polar surface area (TPSA) is 147 Å². The maximum atomic E-state index is 13.8. The highest BCUT2D eigenvalue weighted by Gasteiger charge is 2.37. The molecule has 11 nitrogen and oxygen atoms in total. The number of nitrogens with one attached hydrogen (secondary N) is 1. The van der Waals surface area contributed by atoms with E-state index in [4.69, 9.17) is 14.6 Å². The highest BCUT2D eigenvalue weighted by Crippen LogP contribution is 2.39. The van der Waals surface area contributed by atoms with Crippen molar-refractivity contribution in [2.45, 2.75) is 31.5 Å². The Morgan fingerprint density at radius 2 is 2.03 bits per heavy atom. The summed E-state index contributed by atoms with van der Waals surface area (Å²) in [7, 11) is -2.58. The molecular formula is C21H22F3N7O4S. The van der Waals surface area contributed by atoms with Gasteiger partial charge in [0.2, 0.25) is 11.8 Å². The van der Waals surface area contributed by atoms with Crippen LogP contribution in [0, 0.1) is 5.41 Å². The number of nitrogens with two attached hydrogens (primary N) is 1. The van der Waals surface area contributed by atoms with Crippen molar-refractivity contribution in [3.05, 3.63) is 42.5 Å². The first-order valence-electron chi connectivity index (χ1n) is 10.4. The number of ether oxygens (including phenoxy) is 2. The molecule has 0 aliphatic carbocycles. The number of carbonyl (C=O) groups excluding carboxylic acids is 1. The van der Waals surface area contributed by atoms with Crippen molar-refractivity contribution in [3.63, 3.8) is 0 Å². The van der Waals surface area contributed by atoms with Gasteiger partial charge in [-0.05, 0) is 17.7 Å². The van der Waals surface area contributed by atoms with Crippen LogP contribution in [0.2, 0.25) is 0 Å². The molecule has 36 heavy (non-hydrogen) atoms. The Hall–Kier alpha value is -3.72. The summed E-state index contributed by atoms with van der Waals surface area (Å²) in [6.45, 7) is 4.60. The van der Waals surface area contributed by atoms with Crippen molar-refractivity contribution in [3.8, 4) is 22.9 Å². The number of halogens is 3. The summed E-state index contributed by atoms with van der Waals surface area (Å²) in [4.78, 5) is 19.9. The van der Waals surface area contributed by atoms with Crippen LogP contribution in [0.4, 0.5) is 23.7 Å². The lowest BCUT2D eigenvalue weighted by Gasteiger charge is -2.30. The first-order valence-corrected chi connectivity index (χ1v) is 12.0. The molecule has 1 aliphatic heterocycles. The van der Waals surface area contributed by atoms with Gasteiger partial charge in [0.25, 0.3) is 0 Å². The SMILES string of the molecule is COc1cc(-c2ccnc(C(F)(F)F)c2NC(=O)N=[S@@](N)(=O)c2cnn3c2OCC(C)(C)C3)ccn1. The lowest BCUT2D eigenvalue weighted by atomic mass is 9.94. The highest BCUT2D eigenvalue weighted by molar-refractivity contribution is 7.91. The number of nitrogens with zero attached hydrogens (tertiary/aromatic N) is 5. The predicted molar refractivity (Wildman–Crippen MR) is 123 cm³/mol. The molecule has 0 saturated heterocycles. The minimum atomic E-state index is -4.92. The highest BCUT2D eigenvalue weighted by atomic mass is 32.2. The fourth-order valence-electron chi connectivity index (χ4n) is 3.57. The van der Waals surface area contributed by atoms with Crippen LogP contribution in [0.1, 0.15) is 19.5 Å². The number of urea groups is 1. The van der Waals surface area contributed by atoms with Crippen LogP contribution < -0.4 is 19.9 Å². The molecule has 3 aromatic rings. The zero-order chi connectivity index (χ0) is 26.3. The Morgan fingerprint density at radius 1 is 1.31 bits per heavy atom. The third-order valence-electron chi connectivity index (χ3n) is 5.18. The minimum Gasteiger partial charge on any atom is -0.481 e. The fraction of sp³-hybridized carbons (Fsp3) is 0.333. The summed E-state index contributed by atoms with van der Waals surface area (Å²) < 4.78 is 70.0. The van der Waals surface area contributed by atoms with Gasteiger partial charge in [0.05, 0.1) is 32.1 Å². The number of amides is 2. The van der Waals surface area contributed by atoms with E-state index < -0.39 is 33.5 Å². The molecule has 0 spiro atoms. The number of rotatable bonds is 4. The summed E-state index contributed by atoms with van der Waals surface area (Å²) in [6, 6.07) is 2.70. The van der Waals surface area contributed by atoms with Crippen LogP contribution in [0.25, 0.3) is 11.1 Å². The smallest absolute Gasteiger partial charge is 0.435 e. The number of methoxy groups -OCH3 is 1. The molecule has 0 bridgehead atoms. The zero-order valence-electron chi connectivity index (χ0n) is 19.4. The number of hydrogen-bond acceptors (Lipinski definition) is 7.